The van der Waals surface area contributed by atoms with Crippen LogP contribution in [0.15, 0.2) is 97.2 Å². The van der Waals surface area contributed by atoms with Gasteiger partial charge < -0.3 is 28.5 Å². The Morgan fingerprint density at radius 2 is 0.703 bits per heavy atom. The van der Waals surface area contributed by atoms with Crippen molar-refractivity contribution in [3.8, 4) is 0 Å². The number of rotatable bonds is 70. The fourth-order valence-electron chi connectivity index (χ4n) is 11.1. The fourth-order valence-corrected chi connectivity index (χ4v) is 11.8. The Morgan fingerprint density at radius 1 is 0.396 bits per heavy atom. The highest BCUT2D eigenvalue weighted by molar-refractivity contribution is 7.45. The molecule has 3 unspecified atom stereocenters. The second-order valence-electron chi connectivity index (χ2n) is 27.1. The molecule has 0 aliphatic carbocycles. The molecule has 9 nitrogen and oxygen atoms in total. The van der Waals surface area contributed by atoms with E-state index in [0.29, 0.717) is 17.4 Å². The Bertz CT molecular complexity index is 1880. The number of ether oxygens (including phenoxy) is 1. The van der Waals surface area contributed by atoms with Crippen LogP contribution in [0.3, 0.4) is 0 Å². The van der Waals surface area contributed by atoms with E-state index in [2.05, 4.69) is 111 Å². The highest BCUT2D eigenvalue weighted by atomic mass is 31.2. The first kappa shape index (κ1) is 87.9. The van der Waals surface area contributed by atoms with Crippen LogP contribution in [0.1, 0.15) is 355 Å². The summed E-state index contributed by atoms with van der Waals surface area (Å²) in [6, 6.07) is -0.895. The number of nitrogens with zero attached hydrogens (tertiary/aromatic N) is 1. The number of carbonyl (C=O) groups is 2. The van der Waals surface area contributed by atoms with Crippen LogP contribution in [-0.2, 0) is 27.9 Å². The van der Waals surface area contributed by atoms with E-state index in [4.69, 9.17) is 13.8 Å². The lowest BCUT2D eigenvalue weighted by Gasteiger charge is -2.30. The van der Waals surface area contributed by atoms with Crippen molar-refractivity contribution in [2.75, 3.05) is 40.9 Å². The number of carbonyl (C=O) groups excluding carboxylic acids is 2. The van der Waals surface area contributed by atoms with Crippen LogP contribution >= 0.6 is 7.82 Å². The molecule has 10 heteroatoms. The molecular weight excluding hydrogens is 1140 g/mol. The lowest BCUT2D eigenvalue weighted by atomic mass is 10.0. The third kappa shape index (κ3) is 71.1. The predicted octanol–water partition coefficient (Wildman–Crippen LogP) is 24.4. The van der Waals surface area contributed by atoms with Crippen LogP contribution in [-0.4, -0.2) is 69.4 Å². The summed E-state index contributed by atoms with van der Waals surface area (Å²) < 4.78 is 30.5. The van der Waals surface area contributed by atoms with Gasteiger partial charge >= 0.3 is 5.97 Å². The smallest absolute Gasteiger partial charge is 0.306 e. The molecule has 0 saturated heterocycles. The van der Waals surface area contributed by atoms with Crippen molar-refractivity contribution in [1.82, 2.24) is 5.32 Å². The molecule has 0 rings (SSSR count). The van der Waals surface area contributed by atoms with Gasteiger partial charge in [0, 0.05) is 12.8 Å². The van der Waals surface area contributed by atoms with Crippen LogP contribution < -0.4 is 10.2 Å². The van der Waals surface area contributed by atoms with E-state index in [-0.39, 0.29) is 24.9 Å². The zero-order valence-corrected chi connectivity index (χ0v) is 61.4. The van der Waals surface area contributed by atoms with Crippen LogP contribution in [0.5, 0.6) is 0 Å². The van der Waals surface area contributed by atoms with Crippen LogP contribution in [0, 0.1) is 0 Å². The number of hydrogen-bond donors (Lipinski definition) is 1. The van der Waals surface area contributed by atoms with Gasteiger partial charge in [-0.15, -0.1) is 0 Å². The molecule has 0 aromatic carbocycles. The molecule has 0 heterocycles. The van der Waals surface area contributed by atoms with E-state index in [1.807, 2.05) is 33.3 Å². The molecule has 0 fully saturated rings. The maximum atomic E-state index is 13.6. The number of unbranched alkanes of at least 4 members (excludes halogenated alkanes) is 40. The van der Waals surface area contributed by atoms with E-state index in [9.17, 15) is 19.0 Å². The maximum absolute atomic E-state index is 13.6. The highest BCUT2D eigenvalue weighted by Crippen LogP contribution is 2.38. The maximum Gasteiger partial charge on any atom is 0.306 e. The molecule has 0 radical (unpaired) electrons. The number of nitrogens with one attached hydrogen (secondary N) is 1. The average Bonchev–Trinajstić information content (AvgIpc) is 3.08. The first-order valence-electron chi connectivity index (χ1n) is 38.5. The third-order valence-corrected chi connectivity index (χ3v) is 18.0. The SMILES string of the molecule is CC/C=C\C/C=C\C/C=C\C/C=C\C/C=C\CCCCCCCCCCCCCC(=O)NC(COP(=O)([O-])OCC[N+](C)(C)C)C(/C=C/CCCCCCCCCCC)OC(=O)CCCCCCCCCCCCCCCCCCC/C=C\C/C=C\CCCCC. The molecule has 0 bridgehead atoms. The minimum absolute atomic E-state index is 0.0249. The quantitative estimate of drug-likeness (QED) is 0.0212. The first-order valence-corrected chi connectivity index (χ1v) is 40.0. The van der Waals surface area contributed by atoms with Gasteiger partial charge in [-0.05, 0) is 109 Å². The second kappa shape index (κ2) is 69.8. The van der Waals surface area contributed by atoms with Gasteiger partial charge in [0.25, 0.3) is 7.82 Å². The molecule has 0 saturated carbocycles. The van der Waals surface area contributed by atoms with Crippen molar-refractivity contribution in [2.45, 2.75) is 367 Å². The lowest BCUT2D eigenvalue weighted by Crippen LogP contribution is -2.47. The van der Waals surface area contributed by atoms with Crippen LogP contribution in [0.2, 0.25) is 0 Å². The molecule has 1 N–H and O–H groups in total. The number of quaternary nitrogens is 1. The molecule has 0 aromatic heterocycles. The third-order valence-electron chi connectivity index (χ3n) is 17.0. The zero-order chi connectivity index (χ0) is 66.3. The number of likely N-dealkylation sites (N-methyl/N-ethyl adjacent to an activating group) is 1. The van der Waals surface area contributed by atoms with Gasteiger partial charge in [0.1, 0.15) is 19.3 Å². The second-order valence-corrected chi connectivity index (χ2v) is 28.5. The summed E-state index contributed by atoms with van der Waals surface area (Å²) in [4.78, 5) is 40.3. The minimum atomic E-state index is -4.71. The summed E-state index contributed by atoms with van der Waals surface area (Å²) in [6.07, 6.45) is 95.5. The molecule has 0 aromatic rings. The number of hydrogen-bond acceptors (Lipinski definition) is 7. The topological polar surface area (TPSA) is 114 Å². The number of allylic oxidation sites excluding steroid dienone is 15. The standard InChI is InChI=1S/C81H147N2O7P/c1-7-10-13-16-19-22-25-27-29-31-33-35-37-39-41-43-45-47-49-51-53-55-58-61-64-67-70-73-80(84)82-78(77-89-91(86,87)88-76-75-83(4,5)6)79(72-69-66-63-60-57-24-21-18-15-12-9-3)90-81(85)74-71-68-65-62-59-56-54-52-50-48-46-44-42-40-38-36-34-32-30-28-26-23-20-17-14-11-8-2/h10,13,19-20,22-23,27-30,33,35,39,41,69,72,78-79H,7-9,11-12,14-18,21,24-26,31-32,34,36-38,40,42-68,70-71,73-77H2,1-6H3,(H-,82,84,86,87)/b13-10-,22-19-,23-20-,29-27-,30-28-,35-33-,41-39-,72-69+. The molecule has 0 aliphatic rings. The summed E-state index contributed by atoms with van der Waals surface area (Å²) in [5.74, 6) is -0.535. The number of amides is 1. The van der Waals surface area contributed by atoms with E-state index >= 15 is 0 Å². The molecule has 528 valence electrons. The summed E-state index contributed by atoms with van der Waals surface area (Å²) >= 11 is 0. The minimum Gasteiger partial charge on any atom is -0.756 e. The largest absolute Gasteiger partial charge is 0.756 e. The van der Waals surface area contributed by atoms with Crippen LogP contribution in [0.25, 0.3) is 0 Å². The van der Waals surface area contributed by atoms with Gasteiger partial charge in [0.2, 0.25) is 5.91 Å². The van der Waals surface area contributed by atoms with Gasteiger partial charge in [-0.3, -0.25) is 14.2 Å². The Balaban J connectivity index is 4.91. The zero-order valence-electron chi connectivity index (χ0n) is 60.5. The van der Waals surface area contributed by atoms with Crippen molar-refractivity contribution >= 4 is 19.7 Å². The van der Waals surface area contributed by atoms with Crippen molar-refractivity contribution in [2.24, 2.45) is 0 Å². The normalized spacial score (nSPS) is 14.0. The van der Waals surface area contributed by atoms with Gasteiger partial charge in [-0.1, -0.05) is 330 Å². The number of phosphoric acid groups is 1. The van der Waals surface area contributed by atoms with Crippen molar-refractivity contribution < 1.29 is 37.3 Å². The Labute approximate surface area is 564 Å². The van der Waals surface area contributed by atoms with Gasteiger partial charge in [-0.2, -0.15) is 0 Å². The first-order chi connectivity index (χ1) is 44.4. The molecule has 1 amide bonds. The van der Waals surface area contributed by atoms with E-state index in [1.54, 1.807) is 0 Å². The summed E-state index contributed by atoms with van der Waals surface area (Å²) in [6.45, 7) is 6.74. The lowest BCUT2D eigenvalue weighted by molar-refractivity contribution is -0.870. The molecular formula is C81H147N2O7P. The predicted molar refractivity (Wildman–Crippen MR) is 394 cm³/mol. The molecule has 0 aliphatic heterocycles. The average molecular weight is 1290 g/mol. The Morgan fingerprint density at radius 3 is 1.08 bits per heavy atom. The van der Waals surface area contributed by atoms with Crippen molar-refractivity contribution in [3.63, 3.8) is 0 Å². The summed E-state index contributed by atoms with van der Waals surface area (Å²) in [5, 5.41) is 3.05. The monoisotopic (exact) mass is 1290 g/mol. The molecule has 3 atom stereocenters. The Kier molecular flexibility index (Phi) is 67.4. The number of esters is 1. The molecule has 91 heavy (non-hydrogen) atoms. The van der Waals surface area contributed by atoms with Crippen molar-refractivity contribution in [1.29, 1.82) is 0 Å². The Hall–Kier alpha value is -3.07. The van der Waals surface area contributed by atoms with E-state index in [0.717, 1.165) is 109 Å². The van der Waals surface area contributed by atoms with E-state index < -0.39 is 26.6 Å². The molecule has 0 spiro atoms. The van der Waals surface area contributed by atoms with Gasteiger partial charge in [0.15, 0.2) is 0 Å². The highest BCUT2D eigenvalue weighted by Gasteiger charge is 2.27. The fraction of sp³-hybridized carbons (Fsp3) is 0.778. The van der Waals surface area contributed by atoms with Crippen LogP contribution in [0.4, 0.5) is 0 Å². The van der Waals surface area contributed by atoms with Gasteiger partial charge in [0.05, 0.1) is 33.8 Å². The number of phosphoric ester groups is 1. The van der Waals surface area contributed by atoms with E-state index in [1.165, 1.54) is 212 Å². The van der Waals surface area contributed by atoms with Gasteiger partial charge in [-0.25, -0.2) is 0 Å². The van der Waals surface area contributed by atoms with Crippen molar-refractivity contribution in [3.05, 3.63) is 97.2 Å². The summed E-state index contributed by atoms with van der Waals surface area (Å²) in [7, 11) is 1.19. The summed E-state index contributed by atoms with van der Waals surface area (Å²) in [5.41, 5.74) is 0.